The minimum atomic E-state index is -0.249. The molecule has 2 aliphatic rings. The summed E-state index contributed by atoms with van der Waals surface area (Å²) in [5.74, 6) is -0.192. The van der Waals surface area contributed by atoms with Gasteiger partial charge in [-0.25, -0.2) is 4.99 Å². The number of rotatable bonds is 5. The van der Waals surface area contributed by atoms with E-state index >= 15 is 0 Å². The Labute approximate surface area is 165 Å². The molecule has 1 fully saturated rings. The topological polar surface area (TPSA) is 65.8 Å². The second-order valence-corrected chi connectivity index (χ2v) is 7.62. The predicted octanol–water partition coefficient (Wildman–Crippen LogP) is 2.97. The molecule has 28 heavy (non-hydrogen) atoms. The van der Waals surface area contributed by atoms with Gasteiger partial charge in [-0.15, -0.1) is 0 Å². The van der Waals surface area contributed by atoms with Gasteiger partial charge in [0.1, 0.15) is 0 Å². The van der Waals surface area contributed by atoms with Crippen LogP contribution >= 0.6 is 0 Å². The highest BCUT2D eigenvalue weighted by Gasteiger charge is 2.36. The maximum atomic E-state index is 12.6. The Morgan fingerprint density at radius 2 is 1.89 bits per heavy atom. The van der Waals surface area contributed by atoms with E-state index in [4.69, 9.17) is 0 Å². The number of carbonyl (C=O) groups is 1. The zero-order chi connectivity index (χ0) is 19.5. The first kappa shape index (κ1) is 18.7. The lowest BCUT2D eigenvalue weighted by Gasteiger charge is -2.23. The summed E-state index contributed by atoms with van der Waals surface area (Å²) in [6.45, 7) is 3.60. The van der Waals surface area contributed by atoms with E-state index in [0.717, 1.165) is 36.4 Å². The number of aromatic nitrogens is 1. The van der Waals surface area contributed by atoms with Crippen LogP contribution in [0.5, 0.6) is 0 Å². The van der Waals surface area contributed by atoms with Crippen LogP contribution in [0.15, 0.2) is 65.9 Å². The third-order valence-electron chi connectivity index (χ3n) is 5.78. The van der Waals surface area contributed by atoms with Gasteiger partial charge in [-0.3, -0.25) is 14.7 Å². The van der Waals surface area contributed by atoms with Crippen molar-refractivity contribution in [3.8, 4) is 0 Å². The molecule has 1 aromatic carbocycles. The van der Waals surface area contributed by atoms with Gasteiger partial charge in [-0.2, -0.15) is 0 Å². The molecule has 0 bridgehead atoms. The lowest BCUT2D eigenvalue weighted by molar-refractivity contribution is -0.119. The fraction of sp³-hybridized carbons (Fsp3) is 0.348. The molecule has 0 spiro atoms. The van der Waals surface area contributed by atoms with Crippen molar-refractivity contribution in [2.45, 2.75) is 25.9 Å². The molecule has 5 heteroatoms. The zero-order valence-corrected chi connectivity index (χ0v) is 16.0. The monoisotopic (exact) mass is 375 g/mol. The number of aliphatic imine (C=N–C) groups is 1. The number of aliphatic hydroxyl groups excluding tert-OH is 1. The van der Waals surface area contributed by atoms with Crippen LogP contribution in [0.4, 0.5) is 0 Å². The summed E-state index contributed by atoms with van der Waals surface area (Å²) in [6.07, 6.45) is 6.38. The largest absolute Gasteiger partial charge is 0.395 e. The molecule has 0 radical (unpaired) electrons. The fourth-order valence-corrected chi connectivity index (χ4v) is 4.16. The number of dihydropyridines is 1. The number of pyridine rings is 1. The van der Waals surface area contributed by atoms with E-state index in [2.05, 4.69) is 33.1 Å². The Morgan fingerprint density at radius 1 is 1.14 bits per heavy atom. The Morgan fingerprint density at radius 3 is 2.61 bits per heavy atom. The van der Waals surface area contributed by atoms with Gasteiger partial charge < -0.3 is 5.11 Å². The number of hydrogen-bond donors (Lipinski definition) is 1. The van der Waals surface area contributed by atoms with Crippen molar-refractivity contribution in [1.82, 2.24) is 9.88 Å². The molecule has 0 saturated carbocycles. The molecule has 1 aromatic heterocycles. The predicted molar refractivity (Wildman–Crippen MR) is 110 cm³/mol. The molecular formula is C23H25N3O2. The number of aliphatic hydroxyl groups is 1. The van der Waals surface area contributed by atoms with Gasteiger partial charge in [0, 0.05) is 43.2 Å². The lowest BCUT2D eigenvalue weighted by Crippen LogP contribution is -2.32. The van der Waals surface area contributed by atoms with Crippen LogP contribution in [0.2, 0.25) is 0 Å². The molecule has 2 aliphatic heterocycles. The molecule has 3 atom stereocenters. The maximum absolute atomic E-state index is 12.6. The molecule has 1 amide bonds. The zero-order valence-electron chi connectivity index (χ0n) is 16.0. The average molecular weight is 375 g/mol. The average Bonchev–Trinajstić information content (AvgIpc) is 3.14. The summed E-state index contributed by atoms with van der Waals surface area (Å²) < 4.78 is 0. The van der Waals surface area contributed by atoms with Gasteiger partial charge in [0.25, 0.3) is 5.91 Å². The summed E-state index contributed by atoms with van der Waals surface area (Å²) in [6, 6.07) is 14.2. The van der Waals surface area contributed by atoms with Gasteiger partial charge in [0.05, 0.1) is 12.5 Å². The summed E-state index contributed by atoms with van der Waals surface area (Å²) in [7, 11) is 0. The van der Waals surface area contributed by atoms with Crippen LogP contribution in [0.1, 0.15) is 24.5 Å². The van der Waals surface area contributed by atoms with Gasteiger partial charge in [0.15, 0.2) is 0 Å². The fourth-order valence-electron chi connectivity index (χ4n) is 4.16. The maximum Gasteiger partial charge on any atom is 0.253 e. The molecule has 0 aliphatic carbocycles. The number of carbonyl (C=O) groups excluding carboxylic acids is 1. The van der Waals surface area contributed by atoms with E-state index in [-0.39, 0.29) is 30.4 Å². The number of amides is 1. The first-order valence-electron chi connectivity index (χ1n) is 9.79. The standard InChI is InChI=1S/C23H25N3O2/c1-16-21(18-7-9-24-10-8-18)12-22(25-23(16)28)19-11-20(15-27)26(14-19)13-17-5-3-2-4-6-17/h2-10,12,16,19-20,27H,11,13-15H2,1H3. The van der Waals surface area contributed by atoms with Crippen LogP contribution in [0, 0.1) is 11.8 Å². The summed E-state index contributed by atoms with van der Waals surface area (Å²) in [5.41, 5.74) is 4.08. The van der Waals surface area contributed by atoms with Gasteiger partial charge in [-0.1, -0.05) is 30.3 Å². The quantitative estimate of drug-likeness (QED) is 0.873. The van der Waals surface area contributed by atoms with Crippen LogP contribution in [-0.4, -0.2) is 45.8 Å². The Kier molecular flexibility index (Phi) is 5.46. The molecule has 1 saturated heterocycles. The van der Waals surface area contributed by atoms with Crippen molar-refractivity contribution in [3.05, 3.63) is 72.1 Å². The molecule has 3 unspecified atom stereocenters. The third-order valence-corrected chi connectivity index (χ3v) is 5.78. The number of likely N-dealkylation sites (tertiary alicyclic amines) is 1. The van der Waals surface area contributed by atoms with Gasteiger partial charge in [-0.05, 0) is 48.3 Å². The van der Waals surface area contributed by atoms with E-state index in [0.29, 0.717) is 0 Å². The van der Waals surface area contributed by atoms with Gasteiger partial charge >= 0.3 is 0 Å². The van der Waals surface area contributed by atoms with Crippen molar-refractivity contribution in [1.29, 1.82) is 0 Å². The van der Waals surface area contributed by atoms with Crippen molar-refractivity contribution in [2.24, 2.45) is 16.8 Å². The summed E-state index contributed by atoms with van der Waals surface area (Å²) in [5, 5.41) is 9.88. The number of benzene rings is 1. The normalized spacial score (nSPS) is 25.5. The Balaban J connectivity index is 1.57. The third kappa shape index (κ3) is 3.81. The van der Waals surface area contributed by atoms with E-state index in [1.54, 1.807) is 12.4 Å². The van der Waals surface area contributed by atoms with E-state index in [1.807, 2.05) is 37.3 Å². The van der Waals surface area contributed by atoms with E-state index in [1.165, 1.54) is 5.56 Å². The smallest absolute Gasteiger partial charge is 0.253 e. The second-order valence-electron chi connectivity index (χ2n) is 7.62. The summed E-state index contributed by atoms with van der Waals surface area (Å²) >= 11 is 0. The SMILES string of the molecule is CC1C(=O)N=C(C2CC(CO)N(Cc3ccccc3)C2)C=C1c1ccncc1. The minimum Gasteiger partial charge on any atom is -0.395 e. The van der Waals surface area contributed by atoms with Crippen molar-refractivity contribution in [2.75, 3.05) is 13.2 Å². The van der Waals surface area contributed by atoms with E-state index in [9.17, 15) is 9.90 Å². The number of allylic oxidation sites excluding steroid dienone is 1. The molecule has 2 aromatic rings. The summed E-state index contributed by atoms with van der Waals surface area (Å²) in [4.78, 5) is 23.3. The highest BCUT2D eigenvalue weighted by Crippen LogP contribution is 2.33. The number of nitrogens with zero attached hydrogens (tertiary/aromatic N) is 3. The minimum absolute atomic E-state index is 0.0835. The highest BCUT2D eigenvalue weighted by molar-refractivity contribution is 6.14. The van der Waals surface area contributed by atoms with Crippen molar-refractivity contribution in [3.63, 3.8) is 0 Å². The van der Waals surface area contributed by atoms with Crippen LogP contribution < -0.4 is 0 Å². The molecule has 1 N–H and O–H groups in total. The van der Waals surface area contributed by atoms with Crippen molar-refractivity contribution >= 4 is 17.2 Å². The first-order valence-corrected chi connectivity index (χ1v) is 9.79. The van der Waals surface area contributed by atoms with Gasteiger partial charge in [0.2, 0.25) is 0 Å². The molecule has 3 heterocycles. The molecular weight excluding hydrogens is 350 g/mol. The van der Waals surface area contributed by atoms with Crippen molar-refractivity contribution < 1.29 is 9.90 Å². The van der Waals surface area contributed by atoms with Crippen LogP contribution in [0.3, 0.4) is 0 Å². The highest BCUT2D eigenvalue weighted by atomic mass is 16.3. The molecule has 4 rings (SSSR count). The number of hydrogen-bond acceptors (Lipinski definition) is 4. The lowest BCUT2D eigenvalue weighted by atomic mass is 9.87. The first-order chi connectivity index (χ1) is 13.7. The Bertz CT molecular complexity index is 893. The molecule has 144 valence electrons. The molecule has 5 nitrogen and oxygen atoms in total. The van der Waals surface area contributed by atoms with E-state index < -0.39 is 0 Å². The second kappa shape index (κ2) is 8.17. The van der Waals surface area contributed by atoms with Crippen LogP contribution in [-0.2, 0) is 11.3 Å². The Hall–Kier alpha value is -2.63. The van der Waals surface area contributed by atoms with Crippen LogP contribution in [0.25, 0.3) is 5.57 Å².